The Morgan fingerprint density at radius 1 is 1.50 bits per heavy atom. The molecule has 0 radical (unpaired) electrons. The Balaban J connectivity index is 2.04. The van der Waals surface area contributed by atoms with E-state index in [4.69, 9.17) is 5.26 Å². The van der Waals surface area contributed by atoms with Gasteiger partial charge in [0.25, 0.3) is 0 Å². The number of piperazine rings is 1. The van der Waals surface area contributed by atoms with E-state index in [0.717, 1.165) is 25.2 Å². The number of likely N-dealkylation sites (N-methyl/N-ethyl adjacent to an activating group) is 1. The van der Waals surface area contributed by atoms with Crippen LogP contribution in [0.25, 0.3) is 0 Å². The van der Waals surface area contributed by atoms with Crippen molar-refractivity contribution in [2.45, 2.75) is 19.5 Å². The van der Waals surface area contributed by atoms with Gasteiger partial charge in [-0.2, -0.15) is 5.26 Å². The molecule has 1 fully saturated rings. The largest absolute Gasteiger partial charge is 0.355 e. The van der Waals surface area contributed by atoms with Gasteiger partial charge in [-0.1, -0.05) is 12.1 Å². The number of nitriles is 1. The Hall–Kier alpha value is -1.90. The number of rotatable bonds is 4. The standard InChI is InChI=1S/C15H20N4O/c1-2-18-15(20)14-10-17-7-8-19(14)11-13-5-3-12(9-16)4-6-13/h3-6,14,17H,2,7-8,10-11H2,1H3,(H,18,20). The first-order chi connectivity index (χ1) is 9.74. The van der Waals surface area contributed by atoms with Gasteiger partial charge < -0.3 is 10.6 Å². The molecule has 0 aromatic heterocycles. The van der Waals surface area contributed by atoms with Crippen molar-refractivity contribution in [2.24, 2.45) is 0 Å². The highest BCUT2D eigenvalue weighted by molar-refractivity contribution is 5.82. The van der Waals surface area contributed by atoms with Crippen LogP contribution in [0, 0.1) is 11.3 Å². The predicted octanol–water partition coefficient (Wildman–Crippen LogP) is 0.468. The van der Waals surface area contributed by atoms with Gasteiger partial charge in [-0.15, -0.1) is 0 Å². The highest BCUT2D eigenvalue weighted by Gasteiger charge is 2.27. The number of carbonyl (C=O) groups excluding carboxylic acids is 1. The van der Waals surface area contributed by atoms with E-state index in [1.807, 2.05) is 31.2 Å². The minimum absolute atomic E-state index is 0.0772. The molecular formula is C15H20N4O. The van der Waals surface area contributed by atoms with Gasteiger partial charge in [0.2, 0.25) is 5.91 Å². The maximum Gasteiger partial charge on any atom is 0.238 e. The van der Waals surface area contributed by atoms with Crippen LogP contribution < -0.4 is 10.6 Å². The maximum atomic E-state index is 12.1. The Labute approximate surface area is 119 Å². The zero-order valence-corrected chi connectivity index (χ0v) is 11.7. The molecule has 1 aromatic rings. The Morgan fingerprint density at radius 2 is 2.25 bits per heavy atom. The lowest BCUT2D eigenvalue weighted by molar-refractivity contribution is -0.127. The topological polar surface area (TPSA) is 68.2 Å². The molecule has 1 aliphatic rings. The molecule has 0 spiro atoms. The van der Waals surface area contributed by atoms with Gasteiger partial charge in [-0.3, -0.25) is 9.69 Å². The van der Waals surface area contributed by atoms with Gasteiger partial charge in [-0.05, 0) is 24.6 Å². The molecule has 1 heterocycles. The van der Waals surface area contributed by atoms with Gasteiger partial charge in [0.1, 0.15) is 6.04 Å². The van der Waals surface area contributed by atoms with Crippen molar-refractivity contribution >= 4 is 5.91 Å². The number of nitrogens with zero attached hydrogens (tertiary/aromatic N) is 2. The molecule has 1 aromatic carbocycles. The molecule has 1 saturated heterocycles. The van der Waals surface area contributed by atoms with E-state index in [1.165, 1.54) is 0 Å². The molecule has 106 valence electrons. The summed E-state index contributed by atoms with van der Waals surface area (Å²) in [5, 5.41) is 15.0. The molecule has 5 heteroatoms. The van der Waals surface area contributed by atoms with E-state index in [9.17, 15) is 4.79 Å². The van der Waals surface area contributed by atoms with Crippen LogP contribution in [0.4, 0.5) is 0 Å². The highest BCUT2D eigenvalue weighted by Crippen LogP contribution is 2.11. The predicted molar refractivity (Wildman–Crippen MR) is 76.9 cm³/mol. The highest BCUT2D eigenvalue weighted by atomic mass is 16.2. The van der Waals surface area contributed by atoms with E-state index in [2.05, 4.69) is 21.6 Å². The summed E-state index contributed by atoms with van der Waals surface area (Å²) in [6, 6.07) is 9.53. The van der Waals surface area contributed by atoms with Crippen LogP contribution in [0.1, 0.15) is 18.1 Å². The van der Waals surface area contributed by atoms with Gasteiger partial charge in [0, 0.05) is 32.7 Å². The summed E-state index contributed by atoms with van der Waals surface area (Å²) in [6.45, 7) is 5.74. The second-order valence-corrected chi connectivity index (χ2v) is 4.89. The summed E-state index contributed by atoms with van der Waals surface area (Å²) in [7, 11) is 0. The van der Waals surface area contributed by atoms with Crippen LogP contribution in [-0.4, -0.2) is 43.0 Å². The third-order valence-corrected chi connectivity index (χ3v) is 3.48. The lowest BCUT2D eigenvalue weighted by Gasteiger charge is -2.35. The van der Waals surface area contributed by atoms with E-state index in [1.54, 1.807) is 0 Å². The second-order valence-electron chi connectivity index (χ2n) is 4.89. The number of hydrogen-bond donors (Lipinski definition) is 2. The first-order valence-corrected chi connectivity index (χ1v) is 6.96. The van der Waals surface area contributed by atoms with E-state index in [0.29, 0.717) is 18.7 Å². The third kappa shape index (κ3) is 3.56. The van der Waals surface area contributed by atoms with Crippen molar-refractivity contribution in [3.05, 3.63) is 35.4 Å². The normalized spacial score (nSPS) is 19.3. The molecule has 0 saturated carbocycles. The van der Waals surface area contributed by atoms with Crippen molar-refractivity contribution < 1.29 is 4.79 Å². The monoisotopic (exact) mass is 272 g/mol. The Bertz CT molecular complexity index is 492. The summed E-state index contributed by atoms with van der Waals surface area (Å²) in [6.07, 6.45) is 0. The minimum Gasteiger partial charge on any atom is -0.355 e. The fourth-order valence-corrected chi connectivity index (χ4v) is 2.41. The van der Waals surface area contributed by atoms with Crippen LogP contribution in [-0.2, 0) is 11.3 Å². The molecule has 1 unspecified atom stereocenters. The van der Waals surface area contributed by atoms with Gasteiger partial charge in [0.05, 0.1) is 11.6 Å². The average Bonchev–Trinajstić information content (AvgIpc) is 2.49. The fraction of sp³-hybridized carbons (Fsp3) is 0.467. The average molecular weight is 272 g/mol. The molecule has 2 N–H and O–H groups in total. The summed E-state index contributed by atoms with van der Waals surface area (Å²) >= 11 is 0. The first kappa shape index (κ1) is 14.5. The molecule has 1 atom stereocenters. The number of nitrogens with one attached hydrogen (secondary N) is 2. The fourth-order valence-electron chi connectivity index (χ4n) is 2.41. The summed E-state index contributed by atoms with van der Waals surface area (Å²) in [5.41, 5.74) is 1.79. The van der Waals surface area contributed by atoms with Crippen LogP contribution in [0.15, 0.2) is 24.3 Å². The summed E-state index contributed by atoms with van der Waals surface area (Å²) in [4.78, 5) is 14.2. The number of carbonyl (C=O) groups is 1. The van der Waals surface area contributed by atoms with E-state index in [-0.39, 0.29) is 11.9 Å². The lowest BCUT2D eigenvalue weighted by atomic mass is 10.1. The zero-order valence-electron chi connectivity index (χ0n) is 11.7. The second kappa shape index (κ2) is 7.04. The molecule has 20 heavy (non-hydrogen) atoms. The van der Waals surface area contributed by atoms with Crippen molar-refractivity contribution in [3.8, 4) is 6.07 Å². The van der Waals surface area contributed by atoms with Crippen LogP contribution in [0.5, 0.6) is 0 Å². The molecule has 0 bridgehead atoms. The van der Waals surface area contributed by atoms with Crippen LogP contribution in [0.3, 0.4) is 0 Å². The zero-order chi connectivity index (χ0) is 14.4. The third-order valence-electron chi connectivity index (χ3n) is 3.48. The molecular weight excluding hydrogens is 252 g/mol. The quantitative estimate of drug-likeness (QED) is 0.836. The van der Waals surface area contributed by atoms with Crippen molar-refractivity contribution in [3.63, 3.8) is 0 Å². The molecule has 1 aliphatic heterocycles. The van der Waals surface area contributed by atoms with E-state index < -0.39 is 0 Å². The van der Waals surface area contributed by atoms with Crippen molar-refractivity contribution in [1.82, 2.24) is 15.5 Å². The molecule has 0 aliphatic carbocycles. The minimum atomic E-state index is -0.126. The van der Waals surface area contributed by atoms with Gasteiger partial charge in [-0.25, -0.2) is 0 Å². The van der Waals surface area contributed by atoms with Crippen LogP contribution >= 0.6 is 0 Å². The Kier molecular flexibility index (Phi) is 5.10. The smallest absolute Gasteiger partial charge is 0.238 e. The molecule has 2 rings (SSSR count). The molecule has 1 amide bonds. The van der Waals surface area contributed by atoms with Crippen molar-refractivity contribution in [2.75, 3.05) is 26.2 Å². The Morgan fingerprint density at radius 3 is 2.90 bits per heavy atom. The first-order valence-electron chi connectivity index (χ1n) is 6.96. The van der Waals surface area contributed by atoms with E-state index >= 15 is 0 Å². The SMILES string of the molecule is CCNC(=O)C1CNCCN1Cc1ccc(C#N)cc1. The van der Waals surface area contributed by atoms with Crippen LogP contribution in [0.2, 0.25) is 0 Å². The number of benzene rings is 1. The molecule has 5 nitrogen and oxygen atoms in total. The van der Waals surface area contributed by atoms with Crippen molar-refractivity contribution in [1.29, 1.82) is 5.26 Å². The summed E-state index contributed by atoms with van der Waals surface area (Å²) < 4.78 is 0. The lowest BCUT2D eigenvalue weighted by Crippen LogP contribution is -2.57. The number of amides is 1. The number of hydrogen-bond acceptors (Lipinski definition) is 4. The maximum absolute atomic E-state index is 12.1. The summed E-state index contributed by atoms with van der Waals surface area (Å²) in [5.74, 6) is 0.0772. The van der Waals surface area contributed by atoms with Gasteiger partial charge in [0.15, 0.2) is 0 Å². The van der Waals surface area contributed by atoms with Gasteiger partial charge >= 0.3 is 0 Å².